The molecule has 0 heterocycles. The van der Waals surface area contributed by atoms with Crippen LogP contribution in [0.25, 0.3) is 11.1 Å². The number of carboxylic acid groups (broad SMARTS) is 1. The number of benzene rings is 2. The predicted octanol–water partition coefficient (Wildman–Crippen LogP) is 3.75. The maximum atomic E-state index is 11.3. The number of fused-ring (bicyclic) bond motifs is 3. The van der Waals surface area contributed by atoms with Crippen molar-refractivity contribution < 1.29 is 15.0 Å². The highest BCUT2D eigenvalue weighted by Crippen LogP contribution is 2.47. The van der Waals surface area contributed by atoms with E-state index in [9.17, 15) is 15.0 Å². The molecule has 1 atom stereocenters. The van der Waals surface area contributed by atoms with Crippen LogP contribution in [0.4, 0.5) is 0 Å². The first-order valence-electron chi connectivity index (χ1n) is 5.54. The SMILES string of the molecule is O=C(O)c1c(Cl)ccc2c1C(O)c1cc(Cl)ccc1-2. The second-order valence-corrected chi connectivity index (χ2v) is 5.17. The Morgan fingerprint density at radius 3 is 2.47 bits per heavy atom. The van der Waals surface area contributed by atoms with Crippen molar-refractivity contribution in [2.24, 2.45) is 0 Å². The molecule has 5 heteroatoms. The van der Waals surface area contributed by atoms with Crippen LogP contribution in [0.3, 0.4) is 0 Å². The average Bonchev–Trinajstić information content (AvgIpc) is 2.62. The largest absolute Gasteiger partial charge is 0.478 e. The maximum absolute atomic E-state index is 11.3. The normalized spacial score (nSPS) is 16.1. The summed E-state index contributed by atoms with van der Waals surface area (Å²) in [6.07, 6.45) is -1.02. The highest BCUT2D eigenvalue weighted by Gasteiger charge is 2.32. The third-order valence-electron chi connectivity index (χ3n) is 3.28. The molecule has 0 amide bonds. The Hall–Kier alpha value is -1.55. The quantitative estimate of drug-likeness (QED) is 0.842. The van der Waals surface area contributed by atoms with Crippen LogP contribution in [-0.2, 0) is 0 Å². The summed E-state index contributed by atoms with van der Waals surface area (Å²) >= 11 is 11.8. The molecule has 0 saturated heterocycles. The molecule has 0 saturated carbocycles. The van der Waals surface area contributed by atoms with Crippen LogP contribution < -0.4 is 0 Å². The van der Waals surface area contributed by atoms with Crippen LogP contribution >= 0.6 is 23.2 Å². The van der Waals surface area contributed by atoms with Crippen molar-refractivity contribution in [1.82, 2.24) is 0 Å². The van der Waals surface area contributed by atoms with Crippen LogP contribution in [0.5, 0.6) is 0 Å². The summed E-state index contributed by atoms with van der Waals surface area (Å²) in [5.41, 5.74) is 2.34. The van der Waals surface area contributed by atoms with E-state index in [0.717, 1.165) is 5.56 Å². The second kappa shape index (κ2) is 4.23. The van der Waals surface area contributed by atoms with E-state index < -0.39 is 12.1 Å². The Labute approximate surface area is 119 Å². The van der Waals surface area contributed by atoms with Crippen LogP contribution in [0, 0.1) is 0 Å². The summed E-state index contributed by atoms with van der Waals surface area (Å²) in [6, 6.07) is 8.36. The lowest BCUT2D eigenvalue weighted by Gasteiger charge is -2.10. The van der Waals surface area contributed by atoms with Crippen molar-refractivity contribution in [3.8, 4) is 11.1 Å². The molecule has 1 aliphatic carbocycles. The summed E-state index contributed by atoms with van der Waals surface area (Å²) in [4.78, 5) is 11.3. The Morgan fingerprint density at radius 1 is 1.11 bits per heavy atom. The van der Waals surface area contributed by atoms with Gasteiger partial charge in [0.1, 0.15) is 6.10 Å². The van der Waals surface area contributed by atoms with Gasteiger partial charge in [-0.15, -0.1) is 0 Å². The van der Waals surface area contributed by atoms with E-state index in [1.807, 2.05) is 0 Å². The fourth-order valence-corrected chi connectivity index (χ4v) is 2.92. The monoisotopic (exact) mass is 294 g/mol. The summed E-state index contributed by atoms with van der Waals surface area (Å²) in [6.45, 7) is 0. The molecule has 96 valence electrons. The van der Waals surface area contributed by atoms with Gasteiger partial charge in [-0.1, -0.05) is 35.3 Å². The van der Waals surface area contributed by atoms with Crippen molar-refractivity contribution in [2.75, 3.05) is 0 Å². The van der Waals surface area contributed by atoms with E-state index in [4.69, 9.17) is 23.2 Å². The van der Waals surface area contributed by atoms with Gasteiger partial charge in [-0.3, -0.25) is 0 Å². The van der Waals surface area contributed by atoms with E-state index in [0.29, 0.717) is 21.7 Å². The topological polar surface area (TPSA) is 57.5 Å². The lowest BCUT2D eigenvalue weighted by atomic mass is 10.0. The standard InChI is InChI=1S/C14H8Cl2O3/c15-6-1-2-7-8-3-4-10(16)12(14(18)19)11(8)13(17)9(7)5-6/h1-5,13,17H,(H,18,19). The number of hydrogen-bond acceptors (Lipinski definition) is 2. The van der Waals surface area contributed by atoms with Crippen molar-refractivity contribution in [1.29, 1.82) is 0 Å². The van der Waals surface area contributed by atoms with Crippen molar-refractivity contribution in [3.63, 3.8) is 0 Å². The van der Waals surface area contributed by atoms with Crippen LogP contribution in [-0.4, -0.2) is 16.2 Å². The van der Waals surface area contributed by atoms with E-state index in [2.05, 4.69) is 0 Å². The van der Waals surface area contributed by atoms with Crippen LogP contribution in [0.1, 0.15) is 27.6 Å². The highest BCUT2D eigenvalue weighted by molar-refractivity contribution is 6.34. The molecule has 0 aliphatic heterocycles. The van der Waals surface area contributed by atoms with E-state index in [-0.39, 0.29) is 10.6 Å². The lowest BCUT2D eigenvalue weighted by Crippen LogP contribution is -2.06. The van der Waals surface area contributed by atoms with Crippen molar-refractivity contribution >= 4 is 29.2 Å². The fourth-order valence-electron chi connectivity index (χ4n) is 2.49. The zero-order valence-corrected chi connectivity index (χ0v) is 11.0. The van der Waals surface area contributed by atoms with E-state index in [1.165, 1.54) is 6.07 Å². The maximum Gasteiger partial charge on any atom is 0.337 e. The molecule has 19 heavy (non-hydrogen) atoms. The minimum absolute atomic E-state index is 0.0565. The first-order chi connectivity index (χ1) is 9.00. The van der Waals surface area contributed by atoms with Gasteiger partial charge in [-0.05, 0) is 34.9 Å². The summed E-state index contributed by atoms with van der Waals surface area (Å²) in [7, 11) is 0. The number of carbonyl (C=O) groups is 1. The average molecular weight is 295 g/mol. The second-order valence-electron chi connectivity index (χ2n) is 4.32. The number of aromatic carboxylic acids is 1. The molecule has 3 rings (SSSR count). The molecular weight excluding hydrogens is 287 g/mol. The van der Waals surface area contributed by atoms with Crippen molar-refractivity contribution in [3.05, 3.63) is 57.1 Å². The van der Waals surface area contributed by atoms with Gasteiger partial charge in [-0.2, -0.15) is 0 Å². The third kappa shape index (κ3) is 1.74. The molecule has 3 nitrogen and oxygen atoms in total. The first kappa shape index (κ1) is 12.5. The molecule has 2 aromatic rings. The number of halogens is 2. The van der Waals surface area contributed by atoms with Gasteiger partial charge in [0.2, 0.25) is 0 Å². The van der Waals surface area contributed by atoms with Gasteiger partial charge in [0.25, 0.3) is 0 Å². The smallest absolute Gasteiger partial charge is 0.337 e. The number of aliphatic hydroxyl groups excluding tert-OH is 1. The third-order valence-corrected chi connectivity index (χ3v) is 3.83. The summed E-state index contributed by atoms with van der Waals surface area (Å²) in [5.74, 6) is -1.15. The van der Waals surface area contributed by atoms with Gasteiger partial charge >= 0.3 is 5.97 Å². The number of rotatable bonds is 1. The van der Waals surface area contributed by atoms with Gasteiger partial charge in [0, 0.05) is 10.6 Å². The van der Waals surface area contributed by atoms with Crippen LogP contribution in [0.2, 0.25) is 10.0 Å². The lowest BCUT2D eigenvalue weighted by molar-refractivity contribution is 0.0692. The zero-order valence-electron chi connectivity index (χ0n) is 9.52. The van der Waals surface area contributed by atoms with Crippen LogP contribution in [0.15, 0.2) is 30.3 Å². The van der Waals surface area contributed by atoms with Crippen molar-refractivity contribution in [2.45, 2.75) is 6.10 Å². The Kier molecular flexibility index (Phi) is 2.78. The van der Waals surface area contributed by atoms with Gasteiger partial charge in [-0.25, -0.2) is 4.79 Å². The Bertz CT molecular complexity index is 710. The molecule has 0 bridgehead atoms. The molecule has 1 aliphatic rings. The Morgan fingerprint density at radius 2 is 1.79 bits per heavy atom. The zero-order chi connectivity index (χ0) is 13.7. The summed E-state index contributed by atoms with van der Waals surface area (Å²) in [5, 5.41) is 20.2. The first-order valence-corrected chi connectivity index (χ1v) is 6.30. The number of hydrogen-bond donors (Lipinski definition) is 2. The molecule has 1 unspecified atom stereocenters. The molecular formula is C14H8Cl2O3. The molecule has 2 N–H and O–H groups in total. The van der Waals surface area contributed by atoms with Gasteiger partial charge < -0.3 is 10.2 Å². The number of carboxylic acids is 1. The van der Waals surface area contributed by atoms with E-state index >= 15 is 0 Å². The minimum atomic E-state index is -1.15. The summed E-state index contributed by atoms with van der Waals surface area (Å²) < 4.78 is 0. The molecule has 0 spiro atoms. The fraction of sp³-hybridized carbons (Fsp3) is 0.0714. The predicted molar refractivity (Wildman–Crippen MR) is 72.9 cm³/mol. The number of aliphatic hydroxyl groups is 1. The van der Waals surface area contributed by atoms with Gasteiger partial charge in [0.05, 0.1) is 10.6 Å². The molecule has 0 aromatic heterocycles. The molecule has 0 radical (unpaired) electrons. The van der Waals surface area contributed by atoms with E-state index in [1.54, 1.807) is 24.3 Å². The minimum Gasteiger partial charge on any atom is -0.478 e. The Balaban J connectivity index is 2.35. The molecule has 2 aromatic carbocycles. The molecule has 0 fully saturated rings. The highest BCUT2D eigenvalue weighted by atomic mass is 35.5. The van der Waals surface area contributed by atoms with Gasteiger partial charge in [0.15, 0.2) is 0 Å².